The molecule has 1 unspecified atom stereocenters. The molecule has 2 aromatic carbocycles. The van der Waals surface area contributed by atoms with E-state index in [1.807, 2.05) is 49.4 Å². The van der Waals surface area contributed by atoms with Crippen LogP contribution in [0.3, 0.4) is 0 Å². The average molecular weight is 493 g/mol. The molecule has 7 nitrogen and oxygen atoms in total. The summed E-state index contributed by atoms with van der Waals surface area (Å²) in [6.45, 7) is 6.88. The number of aromatic nitrogens is 1. The number of morpholine rings is 1. The van der Waals surface area contributed by atoms with Crippen LogP contribution in [0.1, 0.15) is 29.7 Å². The highest BCUT2D eigenvalue weighted by Crippen LogP contribution is 2.48. The maximum Gasteiger partial charge on any atom is 0.254 e. The first-order valence-electron chi connectivity index (χ1n) is 12.2. The zero-order valence-corrected chi connectivity index (χ0v) is 20.6. The highest BCUT2D eigenvalue weighted by atomic mass is 35.5. The largest absolute Gasteiger partial charge is 0.379 e. The van der Waals surface area contributed by atoms with E-state index in [-0.39, 0.29) is 24.3 Å². The minimum absolute atomic E-state index is 0.0163. The maximum absolute atomic E-state index is 14.1. The van der Waals surface area contributed by atoms with Gasteiger partial charge in [0.2, 0.25) is 5.91 Å². The molecule has 8 heteroatoms. The van der Waals surface area contributed by atoms with E-state index in [0.717, 1.165) is 47.4 Å². The van der Waals surface area contributed by atoms with Crippen LogP contribution in [-0.4, -0.2) is 84.0 Å². The molecule has 4 heterocycles. The molecule has 3 aliphatic rings. The Morgan fingerprint density at radius 2 is 1.80 bits per heavy atom. The third-order valence-corrected chi connectivity index (χ3v) is 8.13. The average Bonchev–Trinajstić information content (AvgIpc) is 3.28. The van der Waals surface area contributed by atoms with Crippen LogP contribution in [0.2, 0.25) is 5.02 Å². The number of aromatic amines is 1. The molecule has 2 saturated heterocycles. The molecule has 2 fully saturated rings. The molecule has 6 rings (SSSR count). The summed E-state index contributed by atoms with van der Waals surface area (Å²) in [5.41, 5.74) is 2.90. The number of rotatable bonds is 4. The number of carbonyl (C=O) groups is 2. The van der Waals surface area contributed by atoms with Gasteiger partial charge in [-0.1, -0.05) is 41.9 Å². The Kier molecular flexibility index (Phi) is 5.59. The van der Waals surface area contributed by atoms with Crippen LogP contribution in [-0.2, 0) is 19.9 Å². The molecule has 0 spiro atoms. The van der Waals surface area contributed by atoms with Crippen molar-refractivity contribution in [2.75, 3.05) is 52.5 Å². The lowest BCUT2D eigenvalue weighted by Crippen LogP contribution is -2.68. The van der Waals surface area contributed by atoms with Crippen molar-refractivity contribution < 1.29 is 14.3 Å². The minimum Gasteiger partial charge on any atom is -0.379 e. The Labute approximate surface area is 209 Å². The number of para-hydroxylation sites is 1. The van der Waals surface area contributed by atoms with Crippen molar-refractivity contribution in [2.24, 2.45) is 0 Å². The van der Waals surface area contributed by atoms with Gasteiger partial charge in [-0.25, -0.2) is 0 Å². The van der Waals surface area contributed by atoms with Gasteiger partial charge in [0.25, 0.3) is 5.91 Å². The van der Waals surface area contributed by atoms with Gasteiger partial charge in [0.05, 0.1) is 25.5 Å². The third kappa shape index (κ3) is 3.64. The van der Waals surface area contributed by atoms with E-state index in [4.69, 9.17) is 16.3 Å². The lowest BCUT2D eigenvalue weighted by molar-refractivity contribution is -0.166. The molecular weight excluding hydrogens is 464 g/mol. The van der Waals surface area contributed by atoms with Crippen LogP contribution in [0.25, 0.3) is 10.9 Å². The van der Waals surface area contributed by atoms with E-state index < -0.39 is 5.54 Å². The van der Waals surface area contributed by atoms with Crippen LogP contribution in [0, 0.1) is 0 Å². The number of piperazine rings is 1. The molecule has 0 aliphatic carbocycles. The Bertz CT molecular complexity index is 1280. The van der Waals surface area contributed by atoms with Crippen molar-refractivity contribution in [1.82, 2.24) is 19.7 Å². The molecule has 182 valence electrons. The van der Waals surface area contributed by atoms with Gasteiger partial charge in [0.15, 0.2) is 5.54 Å². The third-order valence-electron chi connectivity index (χ3n) is 7.88. The number of nitrogens with one attached hydrogen (secondary N) is 1. The van der Waals surface area contributed by atoms with Crippen LogP contribution in [0.5, 0.6) is 0 Å². The number of halogens is 1. The highest BCUT2D eigenvalue weighted by molar-refractivity contribution is 6.30. The van der Waals surface area contributed by atoms with Gasteiger partial charge in [-0.05, 0) is 36.2 Å². The van der Waals surface area contributed by atoms with E-state index in [1.165, 1.54) is 0 Å². The van der Waals surface area contributed by atoms with Gasteiger partial charge in [0.1, 0.15) is 0 Å². The summed E-state index contributed by atoms with van der Waals surface area (Å²) in [6.07, 6.45) is 0. The van der Waals surface area contributed by atoms with Gasteiger partial charge in [0, 0.05) is 54.6 Å². The topological polar surface area (TPSA) is 68.9 Å². The van der Waals surface area contributed by atoms with Crippen LogP contribution >= 0.6 is 11.6 Å². The number of carbonyl (C=O) groups excluding carboxylic acids is 2. The fourth-order valence-corrected chi connectivity index (χ4v) is 6.06. The number of hydrogen-bond acceptors (Lipinski definition) is 4. The first-order valence-corrected chi connectivity index (χ1v) is 12.6. The van der Waals surface area contributed by atoms with E-state index in [2.05, 4.69) is 16.0 Å². The maximum atomic E-state index is 14.1. The Balaban J connectivity index is 1.42. The van der Waals surface area contributed by atoms with Crippen LogP contribution in [0.4, 0.5) is 0 Å². The van der Waals surface area contributed by atoms with E-state index in [9.17, 15) is 9.59 Å². The summed E-state index contributed by atoms with van der Waals surface area (Å²) in [6, 6.07) is 15.9. The summed E-state index contributed by atoms with van der Waals surface area (Å²) in [7, 11) is 0. The lowest BCUT2D eigenvalue weighted by Gasteiger charge is -2.51. The first kappa shape index (κ1) is 22.6. The second-order valence-electron chi connectivity index (χ2n) is 9.82. The molecule has 2 atom stereocenters. The fraction of sp³-hybridized carbons (Fsp3) is 0.407. The zero-order valence-electron chi connectivity index (χ0n) is 19.8. The number of nitrogens with zero attached hydrogens (tertiary/aromatic N) is 3. The molecule has 0 saturated carbocycles. The number of amides is 2. The second kappa shape index (κ2) is 8.66. The summed E-state index contributed by atoms with van der Waals surface area (Å²) >= 11 is 6.17. The molecule has 1 N–H and O–H groups in total. The molecule has 2 amide bonds. The standard InChI is InChI=1S/C27H29ClN4O3/c1-27-25-24(20-4-2-3-5-22(20)29-25)21(18-6-8-19(28)9-7-18)16-32(27)23(33)17-31(26(27)34)11-10-30-12-14-35-15-13-30/h2-9,21,29H,10-17H2,1H3/t21?,27-/m0/s1. The number of benzene rings is 2. The molecule has 0 radical (unpaired) electrons. The number of H-pyrrole nitrogens is 1. The van der Waals surface area contributed by atoms with Crippen molar-refractivity contribution in [3.05, 3.63) is 70.4 Å². The number of fused-ring (bicyclic) bond motifs is 5. The number of hydrogen-bond donors (Lipinski definition) is 1. The predicted molar refractivity (Wildman–Crippen MR) is 134 cm³/mol. The molecule has 3 aliphatic heterocycles. The van der Waals surface area contributed by atoms with Gasteiger partial charge >= 0.3 is 0 Å². The molecular formula is C27H29ClN4O3. The summed E-state index contributed by atoms with van der Waals surface area (Å²) in [5.74, 6) is -0.0896. The summed E-state index contributed by atoms with van der Waals surface area (Å²) in [4.78, 5) is 37.0. The van der Waals surface area contributed by atoms with Gasteiger partial charge < -0.3 is 19.5 Å². The minimum atomic E-state index is -1.07. The van der Waals surface area contributed by atoms with Crippen molar-refractivity contribution in [3.63, 3.8) is 0 Å². The lowest BCUT2D eigenvalue weighted by atomic mass is 9.76. The quantitative estimate of drug-likeness (QED) is 0.607. The first-order chi connectivity index (χ1) is 17.0. The van der Waals surface area contributed by atoms with Crippen molar-refractivity contribution in [3.8, 4) is 0 Å². The SMILES string of the molecule is C[C@]12C(=O)N(CCN3CCOCC3)CC(=O)N1CC(c1ccc(Cl)cc1)c1c2[nH]c2ccccc12. The normalized spacial score (nSPS) is 25.1. The molecule has 3 aromatic rings. The van der Waals surface area contributed by atoms with E-state index in [1.54, 1.807) is 9.80 Å². The molecule has 35 heavy (non-hydrogen) atoms. The van der Waals surface area contributed by atoms with Gasteiger partial charge in [-0.3, -0.25) is 14.5 Å². The van der Waals surface area contributed by atoms with E-state index in [0.29, 0.717) is 31.3 Å². The van der Waals surface area contributed by atoms with Crippen molar-refractivity contribution in [1.29, 1.82) is 0 Å². The predicted octanol–water partition coefficient (Wildman–Crippen LogP) is 3.19. The van der Waals surface area contributed by atoms with Crippen molar-refractivity contribution in [2.45, 2.75) is 18.4 Å². The summed E-state index contributed by atoms with van der Waals surface area (Å²) in [5, 5.41) is 1.77. The monoisotopic (exact) mass is 492 g/mol. The Morgan fingerprint density at radius 1 is 1.06 bits per heavy atom. The second-order valence-corrected chi connectivity index (χ2v) is 10.3. The van der Waals surface area contributed by atoms with Gasteiger partial charge in [-0.15, -0.1) is 0 Å². The molecule has 1 aromatic heterocycles. The Hall–Kier alpha value is -2.87. The fourth-order valence-electron chi connectivity index (χ4n) is 5.94. The van der Waals surface area contributed by atoms with Gasteiger partial charge in [-0.2, -0.15) is 0 Å². The number of ether oxygens (including phenoxy) is 1. The highest BCUT2D eigenvalue weighted by Gasteiger charge is 2.56. The van der Waals surface area contributed by atoms with Crippen LogP contribution in [0.15, 0.2) is 48.5 Å². The van der Waals surface area contributed by atoms with Crippen molar-refractivity contribution >= 4 is 34.3 Å². The summed E-state index contributed by atoms with van der Waals surface area (Å²) < 4.78 is 5.44. The molecule has 0 bridgehead atoms. The Morgan fingerprint density at radius 3 is 2.57 bits per heavy atom. The zero-order chi connectivity index (χ0) is 24.2. The van der Waals surface area contributed by atoms with E-state index >= 15 is 0 Å². The smallest absolute Gasteiger partial charge is 0.254 e. The van der Waals surface area contributed by atoms with Crippen LogP contribution < -0.4 is 0 Å².